The summed E-state index contributed by atoms with van der Waals surface area (Å²) in [5.74, 6) is 0.517. The summed E-state index contributed by atoms with van der Waals surface area (Å²) >= 11 is 3.27. The summed E-state index contributed by atoms with van der Waals surface area (Å²) in [5.41, 5.74) is 6.31. The highest BCUT2D eigenvalue weighted by Gasteiger charge is 2.10. The smallest absolute Gasteiger partial charge is 0.239 e. The zero-order valence-electron chi connectivity index (χ0n) is 8.62. The minimum atomic E-state index is -0.0818. The SMILES string of the molecule is CNC(=O)CN(C)c1ncc(Br)cc1N. The third kappa shape index (κ3) is 3.09. The van der Waals surface area contributed by atoms with Gasteiger partial charge in [0.05, 0.1) is 12.2 Å². The summed E-state index contributed by atoms with van der Waals surface area (Å²) < 4.78 is 0.817. The van der Waals surface area contributed by atoms with Gasteiger partial charge in [0, 0.05) is 24.8 Å². The van der Waals surface area contributed by atoms with E-state index in [4.69, 9.17) is 5.73 Å². The topological polar surface area (TPSA) is 71.2 Å². The molecule has 0 aliphatic heterocycles. The first-order valence-corrected chi connectivity index (χ1v) is 5.16. The molecule has 0 aliphatic rings. The molecule has 1 heterocycles. The van der Waals surface area contributed by atoms with Crippen LogP contribution in [0.3, 0.4) is 0 Å². The van der Waals surface area contributed by atoms with Gasteiger partial charge < -0.3 is 16.0 Å². The molecule has 0 unspecified atom stereocenters. The minimum absolute atomic E-state index is 0.0818. The van der Waals surface area contributed by atoms with E-state index in [-0.39, 0.29) is 12.5 Å². The van der Waals surface area contributed by atoms with E-state index in [1.165, 1.54) is 0 Å². The van der Waals surface area contributed by atoms with Gasteiger partial charge in [0.2, 0.25) is 5.91 Å². The molecule has 0 atom stereocenters. The molecule has 3 N–H and O–H groups in total. The minimum Gasteiger partial charge on any atom is -0.396 e. The molecule has 0 aromatic carbocycles. The van der Waals surface area contributed by atoms with Gasteiger partial charge in [0.15, 0.2) is 5.82 Å². The molecule has 0 fully saturated rings. The molecule has 1 amide bonds. The van der Waals surface area contributed by atoms with Crippen molar-refractivity contribution in [2.75, 3.05) is 31.3 Å². The second kappa shape index (κ2) is 4.97. The summed E-state index contributed by atoms with van der Waals surface area (Å²) in [5, 5.41) is 2.54. The normalized spacial score (nSPS) is 9.80. The van der Waals surface area contributed by atoms with Gasteiger partial charge in [-0.15, -0.1) is 0 Å². The number of aromatic nitrogens is 1. The molecule has 5 nitrogen and oxygen atoms in total. The Kier molecular flexibility index (Phi) is 3.90. The third-order valence-electron chi connectivity index (χ3n) is 1.88. The van der Waals surface area contributed by atoms with Gasteiger partial charge in [0.1, 0.15) is 0 Å². The largest absolute Gasteiger partial charge is 0.396 e. The van der Waals surface area contributed by atoms with Crippen LogP contribution in [-0.2, 0) is 4.79 Å². The van der Waals surface area contributed by atoms with Crippen LogP contribution in [0.1, 0.15) is 0 Å². The monoisotopic (exact) mass is 272 g/mol. The predicted octanol–water partition coefficient (Wildman–Crippen LogP) is 0.608. The third-order valence-corrected chi connectivity index (χ3v) is 2.32. The van der Waals surface area contributed by atoms with Gasteiger partial charge in [-0.2, -0.15) is 0 Å². The molecule has 82 valence electrons. The molecular formula is C9H13BrN4O. The Labute approximate surface area is 96.8 Å². The van der Waals surface area contributed by atoms with Crippen molar-refractivity contribution in [3.63, 3.8) is 0 Å². The van der Waals surface area contributed by atoms with Crippen molar-refractivity contribution in [1.29, 1.82) is 0 Å². The Morgan fingerprint density at radius 1 is 1.73 bits per heavy atom. The van der Waals surface area contributed by atoms with Crippen LogP contribution in [0.5, 0.6) is 0 Å². The molecule has 0 radical (unpaired) electrons. The number of rotatable bonds is 3. The first-order chi connectivity index (χ1) is 7.04. The van der Waals surface area contributed by atoms with Crippen LogP contribution >= 0.6 is 15.9 Å². The zero-order chi connectivity index (χ0) is 11.4. The number of carbonyl (C=O) groups excluding carboxylic acids is 1. The van der Waals surface area contributed by atoms with Crippen LogP contribution in [0.15, 0.2) is 16.7 Å². The molecule has 1 aromatic heterocycles. The van der Waals surface area contributed by atoms with Crippen LogP contribution < -0.4 is 16.0 Å². The highest BCUT2D eigenvalue weighted by molar-refractivity contribution is 9.10. The fourth-order valence-electron chi connectivity index (χ4n) is 1.14. The van der Waals surface area contributed by atoms with E-state index in [1.807, 2.05) is 0 Å². The lowest BCUT2D eigenvalue weighted by atomic mass is 10.3. The molecule has 15 heavy (non-hydrogen) atoms. The summed E-state index contributed by atoms with van der Waals surface area (Å²) in [6, 6.07) is 1.75. The van der Waals surface area contributed by atoms with Crippen LogP contribution in [0, 0.1) is 0 Å². The van der Waals surface area contributed by atoms with Crippen molar-refractivity contribution in [3.05, 3.63) is 16.7 Å². The number of nitrogens with two attached hydrogens (primary N) is 1. The number of nitrogens with one attached hydrogen (secondary N) is 1. The number of nitrogen functional groups attached to an aromatic ring is 1. The predicted molar refractivity (Wildman–Crippen MR) is 63.7 cm³/mol. The average Bonchev–Trinajstić information content (AvgIpc) is 2.17. The number of pyridine rings is 1. The number of hydrogen-bond acceptors (Lipinski definition) is 4. The maximum Gasteiger partial charge on any atom is 0.239 e. The number of likely N-dealkylation sites (N-methyl/N-ethyl adjacent to an activating group) is 2. The first-order valence-electron chi connectivity index (χ1n) is 4.37. The summed E-state index contributed by atoms with van der Waals surface area (Å²) in [7, 11) is 3.36. The van der Waals surface area contributed by atoms with Crippen molar-refractivity contribution in [1.82, 2.24) is 10.3 Å². The maximum absolute atomic E-state index is 11.1. The number of carbonyl (C=O) groups is 1. The van der Waals surface area contributed by atoms with Gasteiger partial charge in [-0.3, -0.25) is 4.79 Å². The molecule has 0 aliphatic carbocycles. The molecule has 0 saturated heterocycles. The molecular weight excluding hydrogens is 260 g/mol. The Morgan fingerprint density at radius 2 is 2.40 bits per heavy atom. The number of hydrogen-bond donors (Lipinski definition) is 2. The Morgan fingerprint density at radius 3 is 2.93 bits per heavy atom. The Balaban J connectivity index is 2.82. The standard InChI is InChI=1S/C9H13BrN4O/c1-12-8(15)5-14(2)9-7(11)3-6(10)4-13-9/h3-4H,5,11H2,1-2H3,(H,12,15). The quantitative estimate of drug-likeness (QED) is 0.846. The first kappa shape index (κ1) is 11.8. The van der Waals surface area contributed by atoms with Crippen molar-refractivity contribution < 1.29 is 4.79 Å². The van der Waals surface area contributed by atoms with Crippen LogP contribution in [0.2, 0.25) is 0 Å². The molecule has 0 saturated carbocycles. The van der Waals surface area contributed by atoms with Crippen molar-refractivity contribution in [2.45, 2.75) is 0 Å². The summed E-state index contributed by atoms with van der Waals surface area (Å²) in [4.78, 5) is 17.0. The van der Waals surface area contributed by atoms with Gasteiger partial charge in [-0.1, -0.05) is 0 Å². The molecule has 0 spiro atoms. The van der Waals surface area contributed by atoms with Gasteiger partial charge in [0.25, 0.3) is 0 Å². The van der Waals surface area contributed by atoms with Crippen LogP contribution in [-0.4, -0.2) is 31.5 Å². The molecule has 1 aromatic rings. The fraction of sp³-hybridized carbons (Fsp3) is 0.333. The lowest BCUT2D eigenvalue weighted by molar-refractivity contribution is -0.119. The van der Waals surface area contributed by atoms with Crippen molar-refractivity contribution in [2.24, 2.45) is 0 Å². The highest BCUT2D eigenvalue weighted by Crippen LogP contribution is 2.22. The van der Waals surface area contributed by atoms with E-state index in [1.54, 1.807) is 31.3 Å². The van der Waals surface area contributed by atoms with Gasteiger partial charge in [-0.25, -0.2) is 4.98 Å². The van der Waals surface area contributed by atoms with E-state index in [0.717, 1.165) is 4.47 Å². The molecule has 0 bridgehead atoms. The Bertz CT molecular complexity index is 369. The summed E-state index contributed by atoms with van der Waals surface area (Å²) in [6.07, 6.45) is 1.64. The molecule has 6 heteroatoms. The van der Waals surface area contributed by atoms with E-state index in [2.05, 4.69) is 26.2 Å². The van der Waals surface area contributed by atoms with Crippen molar-refractivity contribution >= 4 is 33.3 Å². The fourth-order valence-corrected chi connectivity index (χ4v) is 1.49. The molecule has 1 rings (SSSR count). The average molecular weight is 273 g/mol. The zero-order valence-corrected chi connectivity index (χ0v) is 10.2. The van der Waals surface area contributed by atoms with Gasteiger partial charge in [-0.05, 0) is 22.0 Å². The van der Waals surface area contributed by atoms with Crippen LogP contribution in [0.4, 0.5) is 11.5 Å². The lowest BCUT2D eigenvalue weighted by Gasteiger charge is -2.18. The van der Waals surface area contributed by atoms with E-state index in [0.29, 0.717) is 11.5 Å². The Hall–Kier alpha value is -1.30. The van der Waals surface area contributed by atoms with E-state index < -0.39 is 0 Å². The lowest BCUT2D eigenvalue weighted by Crippen LogP contribution is -2.33. The van der Waals surface area contributed by atoms with Crippen LogP contribution in [0.25, 0.3) is 0 Å². The van der Waals surface area contributed by atoms with Crippen molar-refractivity contribution in [3.8, 4) is 0 Å². The number of anilines is 2. The summed E-state index contributed by atoms with van der Waals surface area (Å²) in [6.45, 7) is 0.231. The number of amides is 1. The number of halogens is 1. The highest BCUT2D eigenvalue weighted by atomic mass is 79.9. The maximum atomic E-state index is 11.1. The van der Waals surface area contributed by atoms with E-state index in [9.17, 15) is 4.79 Å². The van der Waals surface area contributed by atoms with Gasteiger partial charge >= 0.3 is 0 Å². The second-order valence-electron chi connectivity index (χ2n) is 3.10. The number of nitrogens with zero attached hydrogens (tertiary/aromatic N) is 2. The van der Waals surface area contributed by atoms with E-state index >= 15 is 0 Å². The second-order valence-corrected chi connectivity index (χ2v) is 4.01.